The lowest BCUT2D eigenvalue weighted by Gasteiger charge is -2.18. The van der Waals surface area contributed by atoms with Crippen molar-refractivity contribution in [3.63, 3.8) is 0 Å². The van der Waals surface area contributed by atoms with Crippen LogP contribution in [0.4, 0.5) is 10.5 Å². The highest BCUT2D eigenvalue weighted by Crippen LogP contribution is 2.36. The molecule has 0 bridgehead atoms. The Bertz CT molecular complexity index is 531. The van der Waals surface area contributed by atoms with E-state index in [4.69, 9.17) is 14.2 Å². The van der Waals surface area contributed by atoms with Gasteiger partial charge in [0.1, 0.15) is 5.69 Å². The molecule has 0 N–H and O–H groups in total. The Morgan fingerprint density at radius 2 is 2.05 bits per heavy atom. The number of fused-ring (bicyclic) bond motifs is 1. The van der Waals surface area contributed by atoms with Gasteiger partial charge in [0.05, 0.1) is 18.8 Å². The number of rotatable bonds is 3. The lowest BCUT2D eigenvalue weighted by atomic mass is 10.2. The molecule has 0 saturated heterocycles. The second kappa shape index (κ2) is 5.77. The van der Waals surface area contributed by atoms with E-state index in [1.54, 1.807) is 20.8 Å². The third-order valence-electron chi connectivity index (χ3n) is 2.71. The number of hydrogen-bond acceptors (Lipinski definition) is 6. The number of aromatic nitrogens is 1. The summed E-state index contributed by atoms with van der Waals surface area (Å²) in [5.74, 6) is -0.204. The fourth-order valence-electron chi connectivity index (χ4n) is 1.88. The van der Waals surface area contributed by atoms with Crippen LogP contribution in [0.2, 0.25) is 0 Å². The van der Waals surface area contributed by atoms with Crippen LogP contribution in [0, 0.1) is 0 Å². The molecule has 0 radical (unpaired) electrons. The smallest absolute Gasteiger partial charge is 0.417 e. The van der Waals surface area contributed by atoms with Crippen LogP contribution in [0.15, 0.2) is 12.3 Å². The molecule has 0 fully saturated rings. The van der Waals surface area contributed by atoms with Crippen molar-refractivity contribution in [3.05, 3.63) is 17.8 Å². The molecule has 20 heavy (non-hydrogen) atoms. The molecule has 2 heterocycles. The monoisotopic (exact) mass is 280 g/mol. The van der Waals surface area contributed by atoms with Gasteiger partial charge in [-0.25, -0.2) is 19.5 Å². The molecule has 1 aliphatic heterocycles. The first-order chi connectivity index (χ1) is 9.58. The topological polar surface area (TPSA) is 78.0 Å². The summed E-state index contributed by atoms with van der Waals surface area (Å²) in [6.07, 6.45) is 0.286. The normalized spacial score (nSPS) is 16.4. The number of ether oxygens (including phenoxy) is 3. The maximum atomic E-state index is 11.9. The molecule has 1 atom stereocenters. The molecule has 0 aliphatic carbocycles. The molecule has 1 amide bonds. The third kappa shape index (κ3) is 2.52. The van der Waals surface area contributed by atoms with Crippen molar-refractivity contribution in [1.29, 1.82) is 0 Å². The van der Waals surface area contributed by atoms with E-state index in [-0.39, 0.29) is 18.8 Å². The van der Waals surface area contributed by atoms with E-state index in [2.05, 4.69) is 4.98 Å². The number of carbonyl (C=O) groups excluding carboxylic acids is 2. The van der Waals surface area contributed by atoms with E-state index < -0.39 is 18.3 Å². The summed E-state index contributed by atoms with van der Waals surface area (Å²) in [6, 6.07) is 1.51. The number of carbonyl (C=O) groups is 2. The van der Waals surface area contributed by atoms with Crippen molar-refractivity contribution in [3.8, 4) is 5.88 Å². The standard InChI is InChI=1S/C13H16N2O5/c1-4-18-12(16)9-6-10-11(14-7-9)20-8(3)15(10)13(17)19-5-2/h6-8H,4-5H2,1-3H3. The summed E-state index contributed by atoms with van der Waals surface area (Å²) in [7, 11) is 0. The first-order valence-corrected chi connectivity index (χ1v) is 6.38. The molecule has 2 rings (SSSR count). The van der Waals surface area contributed by atoms with Crippen molar-refractivity contribution in [2.24, 2.45) is 0 Å². The maximum absolute atomic E-state index is 11.9. The van der Waals surface area contributed by atoms with Crippen LogP contribution < -0.4 is 9.64 Å². The van der Waals surface area contributed by atoms with Crippen LogP contribution in [0.5, 0.6) is 5.88 Å². The van der Waals surface area contributed by atoms with Gasteiger partial charge in [-0.2, -0.15) is 0 Å². The predicted octanol–water partition coefficient (Wildman–Crippen LogP) is 1.96. The number of hydrogen-bond donors (Lipinski definition) is 0. The summed E-state index contributed by atoms with van der Waals surface area (Å²) >= 11 is 0. The summed E-state index contributed by atoms with van der Waals surface area (Å²) in [6.45, 7) is 5.65. The van der Waals surface area contributed by atoms with E-state index in [9.17, 15) is 9.59 Å². The highest BCUT2D eigenvalue weighted by Gasteiger charge is 2.35. The van der Waals surface area contributed by atoms with Gasteiger partial charge < -0.3 is 14.2 Å². The lowest BCUT2D eigenvalue weighted by molar-refractivity contribution is 0.0526. The molecule has 1 aromatic heterocycles. The van der Waals surface area contributed by atoms with Crippen LogP contribution >= 0.6 is 0 Å². The number of esters is 1. The van der Waals surface area contributed by atoms with Crippen molar-refractivity contribution in [2.75, 3.05) is 18.1 Å². The van der Waals surface area contributed by atoms with Crippen molar-refractivity contribution in [1.82, 2.24) is 4.98 Å². The van der Waals surface area contributed by atoms with Gasteiger partial charge in [-0.15, -0.1) is 0 Å². The largest absolute Gasteiger partial charge is 0.462 e. The minimum Gasteiger partial charge on any atom is -0.462 e. The average Bonchev–Trinajstić information content (AvgIpc) is 2.74. The first-order valence-electron chi connectivity index (χ1n) is 6.38. The van der Waals surface area contributed by atoms with E-state index >= 15 is 0 Å². The summed E-state index contributed by atoms with van der Waals surface area (Å²) in [5.41, 5.74) is 0.666. The molecule has 1 aliphatic rings. The van der Waals surface area contributed by atoms with Crippen LogP contribution in [-0.2, 0) is 9.47 Å². The molecular formula is C13H16N2O5. The van der Waals surface area contributed by atoms with Crippen molar-refractivity contribution >= 4 is 17.7 Å². The van der Waals surface area contributed by atoms with Gasteiger partial charge in [-0.1, -0.05) is 0 Å². The predicted molar refractivity (Wildman–Crippen MR) is 69.8 cm³/mol. The zero-order valence-electron chi connectivity index (χ0n) is 11.6. The van der Waals surface area contributed by atoms with Gasteiger partial charge in [0.2, 0.25) is 5.88 Å². The molecule has 7 heteroatoms. The Morgan fingerprint density at radius 3 is 2.70 bits per heavy atom. The highest BCUT2D eigenvalue weighted by atomic mass is 16.6. The molecular weight excluding hydrogens is 264 g/mol. The Hall–Kier alpha value is -2.31. The number of anilines is 1. The van der Waals surface area contributed by atoms with Crippen LogP contribution in [0.1, 0.15) is 31.1 Å². The first kappa shape index (κ1) is 14.1. The van der Waals surface area contributed by atoms with Crippen LogP contribution in [-0.4, -0.2) is 36.5 Å². The number of pyridine rings is 1. The lowest BCUT2D eigenvalue weighted by Crippen LogP contribution is -2.38. The SMILES string of the molecule is CCOC(=O)c1cnc2c(c1)N(C(=O)OCC)C(C)O2. The summed E-state index contributed by atoms with van der Waals surface area (Å²) in [4.78, 5) is 28.9. The molecule has 108 valence electrons. The molecule has 1 unspecified atom stereocenters. The van der Waals surface area contributed by atoms with Crippen molar-refractivity contribution < 1.29 is 23.8 Å². The summed E-state index contributed by atoms with van der Waals surface area (Å²) in [5, 5.41) is 0. The molecule has 7 nitrogen and oxygen atoms in total. The third-order valence-corrected chi connectivity index (χ3v) is 2.71. The Morgan fingerprint density at radius 1 is 1.35 bits per heavy atom. The second-order valence-electron chi connectivity index (χ2n) is 4.05. The quantitative estimate of drug-likeness (QED) is 0.788. The van der Waals surface area contributed by atoms with E-state index in [0.29, 0.717) is 11.6 Å². The number of nitrogens with zero attached hydrogens (tertiary/aromatic N) is 2. The van der Waals surface area contributed by atoms with Crippen molar-refractivity contribution in [2.45, 2.75) is 27.0 Å². The second-order valence-corrected chi connectivity index (χ2v) is 4.05. The molecule has 0 spiro atoms. The Labute approximate surface area is 116 Å². The minimum absolute atomic E-state index is 0.252. The van der Waals surface area contributed by atoms with Gasteiger partial charge in [0, 0.05) is 6.20 Å². The zero-order chi connectivity index (χ0) is 14.7. The average molecular weight is 280 g/mol. The van der Waals surface area contributed by atoms with E-state index in [1.165, 1.54) is 17.2 Å². The molecule has 0 aromatic carbocycles. The fourth-order valence-corrected chi connectivity index (χ4v) is 1.88. The minimum atomic E-state index is -0.540. The van der Waals surface area contributed by atoms with Crippen LogP contribution in [0.3, 0.4) is 0 Å². The maximum Gasteiger partial charge on any atom is 0.417 e. The van der Waals surface area contributed by atoms with Gasteiger partial charge in [-0.3, -0.25) is 0 Å². The Kier molecular flexibility index (Phi) is 4.07. The van der Waals surface area contributed by atoms with Gasteiger partial charge >= 0.3 is 12.1 Å². The summed E-state index contributed by atoms with van der Waals surface area (Å²) < 4.78 is 15.3. The number of amides is 1. The highest BCUT2D eigenvalue weighted by molar-refractivity contribution is 5.95. The fraction of sp³-hybridized carbons (Fsp3) is 0.462. The van der Waals surface area contributed by atoms with Gasteiger partial charge in [0.25, 0.3) is 0 Å². The van der Waals surface area contributed by atoms with E-state index in [1.807, 2.05) is 0 Å². The molecule has 1 aromatic rings. The van der Waals surface area contributed by atoms with E-state index in [0.717, 1.165) is 0 Å². The van der Waals surface area contributed by atoms with Gasteiger partial charge in [-0.05, 0) is 26.8 Å². The van der Waals surface area contributed by atoms with Gasteiger partial charge in [0.15, 0.2) is 6.23 Å². The van der Waals surface area contributed by atoms with Crippen LogP contribution in [0.25, 0.3) is 0 Å². The Balaban J connectivity index is 2.32. The zero-order valence-corrected chi connectivity index (χ0v) is 11.6. The molecule has 0 saturated carbocycles.